The first-order chi connectivity index (χ1) is 26.3. The Morgan fingerprint density at radius 1 is 0.796 bits per heavy atom. The lowest BCUT2D eigenvalue weighted by molar-refractivity contribution is -0.00654. The lowest BCUT2D eigenvalue weighted by Gasteiger charge is -2.51. The first-order valence-corrected chi connectivity index (χ1v) is 18.6. The molecule has 4 aliphatic rings. The average molecular weight is 753 g/mol. The van der Waals surface area contributed by atoms with Gasteiger partial charge >= 0.3 is 6.09 Å². The Morgan fingerprint density at radius 3 is 1.87 bits per heavy atom. The molecule has 1 N–H and O–H groups in total. The van der Waals surface area contributed by atoms with Gasteiger partial charge in [-0.05, 0) is 83.1 Å². The number of pyridine rings is 2. The number of rotatable bonds is 2. The molecule has 4 fully saturated rings. The van der Waals surface area contributed by atoms with Crippen LogP contribution in [-0.2, 0) is 4.74 Å². The van der Waals surface area contributed by atoms with Gasteiger partial charge in [-0.25, -0.2) is 4.79 Å². The topological polar surface area (TPSA) is 128 Å². The van der Waals surface area contributed by atoms with Crippen molar-refractivity contribution in [2.75, 3.05) is 75.2 Å². The number of nitrogens with zero attached hydrogens (tertiary/aromatic N) is 9. The van der Waals surface area contributed by atoms with Gasteiger partial charge in [0, 0.05) is 124 Å². The quantitative estimate of drug-likeness (QED) is 0.289. The first kappa shape index (κ1) is 36.3. The van der Waals surface area contributed by atoms with Gasteiger partial charge in [0.25, 0.3) is 0 Å². The number of anilines is 2. The number of hydrogen-bond acceptors (Lipinski definition) is 11. The van der Waals surface area contributed by atoms with Gasteiger partial charge in [-0.2, -0.15) is 10.5 Å². The summed E-state index contributed by atoms with van der Waals surface area (Å²) in [6, 6.07) is 20.7. The molecule has 4 aromatic rings. The number of benzene rings is 2. The number of carbonyl (C=O) groups is 1. The van der Waals surface area contributed by atoms with E-state index in [1.807, 2.05) is 56.0 Å². The second kappa shape index (κ2) is 16.3. The van der Waals surface area contributed by atoms with E-state index in [4.69, 9.17) is 7.48 Å². The van der Waals surface area contributed by atoms with Crippen molar-refractivity contribution in [2.45, 2.75) is 64.4 Å². The Morgan fingerprint density at radius 2 is 1.33 bits per heavy atom. The van der Waals surface area contributed by atoms with Gasteiger partial charge in [-0.15, -0.1) is 12.4 Å². The summed E-state index contributed by atoms with van der Waals surface area (Å²) in [6.07, 6.45) is 0.0957. The van der Waals surface area contributed by atoms with E-state index >= 15 is 0 Å². The first-order valence-electron chi connectivity index (χ1n) is 19.6. The Labute approximate surface area is 327 Å². The number of ether oxygens (including phenoxy) is 1. The molecule has 1 amide bonds. The fraction of sp³-hybridized carbons (Fsp3) is 0.488. The molecule has 0 bridgehead atoms. The highest BCUT2D eigenvalue weighted by Gasteiger charge is 2.39. The molecule has 0 unspecified atom stereocenters. The molecule has 0 spiro atoms. The Hall–Kier alpha value is -4.72. The van der Waals surface area contributed by atoms with Crippen LogP contribution in [0.15, 0.2) is 60.9 Å². The summed E-state index contributed by atoms with van der Waals surface area (Å²) in [5, 5.41) is 24.2. The van der Waals surface area contributed by atoms with Gasteiger partial charge in [-0.3, -0.25) is 19.8 Å². The highest BCUT2D eigenvalue weighted by atomic mass is 35.5. The number of hydrogen-bond donors (Lipinski definition) is 1. The molecule has 4 saturated heterocycles. The van der Waals surface area contributed by atoms with Crippen molar-refractivity contribution in [1.82, 2.24) is 30.0 Å². The SMILES string of the molecule is Cl.[2H]c1ccc2c(N3C[C@@H]4CN(C(=O)OC(C)(C)C)CCN4[C@H](C)C3)ccc(C#N)c2n1.[2H]c1ccc2c(N3C[C@@H]4CNCCN4[C@H](C)C3)ccc(C#N)c2n1. The minimum atomic E-state index is -0.509. The van der Waals surface area contributed by atoms with E-state index in [-0.39, 0.29) is 36.9 Å². The number of aromatic nitrogens is 2. The van der Waals surface area contributed by atoms with Crippen molar-refractivity contribution >= 4 is 51.7 Å². The molecule has 6 heterocycles. The van der Waals surface area contributed by atoms with E-state index < -0.39 is 5.60 Å². The van der Waals surface area contributed by atoms with Gasteiger partial charge in [0.05, 0.1) is 24.9 Å². The smallest absolute Gasteiger partial charge is 0.410 e. The number of piperazine rings is 4. The third kappa shape index (κ3) is 8.03. The molecule has 0 saturated carbocycles. The Balaban J connectivity index is 0.000000192. The summed E-state index contributed by atoms with van der Waals surface area (Å²) >= 11 is 0. The highest BCUT2D eigenvalue weighted by molar-refractivity contribution is 5.96. The maximum atomic E-state index is 12.6. The van der Waals surface area contributed by atoms with Crippen molar-refractivity contribution in [3.05, 3.63) is 72.0 Å². The largest absolute Gasteiger partial charge is 0.444 e. The lowest BCUT2D eigenvalue weighted by Crippen LogP contribution is -2.66. The van der Waals surface area contributed by atoms with E-state index in [0.717, 1.165) is 74.5 Å². The second-order valence-corrected chi connectivity index (χ2v) is 15.6. The zero-order valence-electron chi connectivity index (χ0n) is 33.7. The normalized spacial score (nSPS) is 23.7. The molecule has 4 atom stereocenters. The van der Waals surface area contributed by atoms with E-state index in [9.17, 15) is 15.3 Å². The van der Waals surface area contributed by atoms with Gasteiger partial charge in [0.1, 0.15) is 17.7 Å². The van der Waals surface area contributed by atoms with Gasteiger partial charge in [0.15, 0.2) is 0 Å². The highest BCUT2D eigenvalue weighted by Crippen LogP contribution is 2.33. The number of amides is 1. The summed E-state index contributed by atoms with van der Waals surface area (Å²) in [6.45, 7) is 19.1. The summed E-state index contributed by atoms with van der Waals surface area (Å²) in [4.78, 5) is 32.8. The van der Waals surface area contributed by atoms with Crippen molar-refractivity contribution in [1.29, 1.82) is 10.5 Å². The second-order valence-electron chi connectivity index (χ2n) is 15.6. The summed E-state index contributed by atoms with van der Waals surface area (Å²) in [5.74, 6) is 0. The van der Waals surface area contributed by atoms with E-state index in [1.165, 1.54) is 0 Å². The monoisotopic (exact) mass is 752 g/mol. The zero-order chi connectivity index (χ0) is 39.0. The number of nitrogens with one attached hydrogen (secondary N) is 1. The van der Waals surface area contributed by atoms with Crippen LogP contribution in [0.25, 0.3) is 21.8 Å². The molecule has 2 aromatic carbocycles. The van der Waals surface area contributed by atoms with Crippen LogP contribution in [0.2, 0.25) is 0 Å². The minimum absolute atomic E-state index is 0. The molecule has 13 heteroatoms. The van der Waals surface area contributed by atoms with Crippen LogP contribution in [0.3, 0.4) is 0 Å². The van der Waals surface area contributed by atoms with Crippen molar-refractivity contribution in [3.63, 3.8) is 0 Å². The standard InChI is InChI=1S/C23H29N5O2.C18H21N5.ClH/c1-16-13-27(20-8-7-17(12-24)21-19(20)6-5-9-25-21)15-18-14-26(10-11-28(16)18)22(29)30-23(2,3)4;1-13-11-22(12-15-10-20-7-8-23(13)15)17-5-4-14(9-19)18-16(17)3-2-6-21-18;/h5-9,16,18H,10-11,13-15H2,1-4H3;2-6,13,15,20H,7-8,10-12H2,1H3;1H/t16-,18+;13-,15+;/m11./s1/i9D;6D;. The number of fused-ring (bicyclic) bond motifs is 4. The average Bonchev–Trinajstić information content (AvgIpc) is 3.16. The molecule has 12 nitrogen and oxygen atoms in total. The molecule has 0 radical (unpaired) electrons. The van der Waals surface area contributed by atoms with Crippen molar-refractivity contribution < 1.29 is 12.3 Å². The van der Waals surface area contributed by atoms with Gasteiger partial charge in [-0.1, -0.05) is 0 Å². The third-order valence-electron chi connectivity index (χ3n) is 10.9. The molecule has 8 rings (SSSR count). The van der Waals surface area contributed by atoms with Crippen LogP contribution < -0.4 is 15.1 Å². The molecule has 4 aliphatic heterocycles. The minimum Gasteiger partial charge on any atom is -0.444 e. The van der Waals surface area contributed by atoms with Gasteiger partial charge < -0.3 is 24.8 Å². The number of nitriles is 2. The van der Waals surface area contributed by atoms with Crippen LogP contribution in [0.5, 0.6) is 0 Å². The maximum absolute atomic E-state index is 12.6. The Kier molecular flexibility index (Phi) is 11.0. The van der Waals surface area contributed by atoms with E-state index in [1.54, 1.807) is 18.2 Å². The third-order valence-corrected chi connectivity index (χ3v) is 10.9. The van der Waals surface area contributed by atoms with Crippen LogP contribution >= 0.6 is 12.4 Å². The van der Waals surface area contributed by atoms with E-state index in [2.05, 4.69) is 60.9 Å². The zero-order valence-corrected chi connectivity index (χ0v) is 32.6. The molecule has 54 heavy (non-hydrogen) atoms. The summed E-state index contributed by atoms with van der Waals surface area (Å²) < 4.78 is 21.2. The predicted molar refractivity (Wildman–Crippen MR) is 215 cm³/mol. The van der Waals surface area contributed by atoms with Crippen molar-refractivity contribution in [2.24, 2.45) is 0 Å². The van der Waals surface area contributed by atoms with Crippen LogP contribution in [0.4, 0.5) is 16.2 Å². The summed E-state index contributed by atoms with van der Waals surface area (Å²) in [7, 11) is 0. The van der Waals surface area contributed by atoms with Crippen LogP contribution in [0.1, 0.15) is 48.5 Å². The van der Waals surface area contributed by atoms with Crippen molar-refractivity contribution in [3.8, 4) is 12.1 Å². The molecular weight excluding hydrogens is 700 g/mol. The molecule has 2 aromatic heterocycles. The van der Waals surface area contributed by atoms with E-state index in [0.29, 0.717) is 53.4 Å². The molecular formula is C41H51ClN10O2. The van der Waals surface area contributed by atoms with Gasteiger partial charge in [0.2, 0.25) is 0 Å². The fourth-order valence-corrected chi connectivity index (χ4v) is 8.47. The lowest BCUT2D eigenvalue weighted by atomic mass is 10.0. The number of halogens is 1. The molecule has 0 aliphatic carbocycles. The fourth-order valence-electron chi connectivity index (χ4n) is 8.47. The Bertz CT molecular complexity index is 2170. The summed E-state index contributed by atoms with van der Waals surface area (Å²) in [5.41, 5.74) is 3.85. The van der Waals surface area contributed by atoms with Crippen LogP contribution in [-0.4, -0.2) is 126 Å². The molecule has 284 valence electrons. The van der Waals surface area contributed by atoms with Crippen LogP contribution in [0, 0.1) is 22.7 Å². The maximum Gasteiger partial charge on any atom is 0.410 e. The number of carbonyl (C=O) groups excluding carboxylic acids is 1. The predicted octanol–water partition coefficient (Wildman–Crippen LogP) is 5.25.